The molecule has 1 aliphatic rings. The van der Waals surface area contributed by atoms with E-state index >= 15 is 0 Å². The molecule has 4 nitrogen and oxygen atoms in total. The Balaban J connectivity index is 1.89. The Kier molecular flexibility index (Phi) is 2.50. The van der Waals surface area contributed by atoms with Gasteiger partial charge in [0.2, 0.25) is 0 Å². The second-order valence-electron chi connectivity index (χ2n) is 5.10. The van der Waals surface area contributed by atoms with Gasteiger partial charge in [0.1, 0.15) is 4.83 Å². The van der Waals surface area contributed by atoms with Crippen LogP contribution in [-0.4, -0.2) is 47.5 Å². The van der Waals surface area contributed by atoms with Crippen LogP contribution >= 0.6 is 11.3 Å². The molecule has 0 spiro atoms. The second-order valence-corrected chi connectivity index (χ2v) is 5.99. The highest BCUT2D eigenvalue weighted by molar-refractivity contribution is 7.16. The lowest BCUT2D eigenvalue weighted by atomic mass is 10.3. The topological polar surface area (TPSA) is 23.8 Å². The molecule has 0 bridgehead atoms. The van der Waals surface area contributed by atoms with Crippen molar-refractivity contribution in [2.24, 2.45) is 0 Å². The average molecular weight is 272 g/mol. The van der Waals surface area contributed by atoms with Crippen LogP contribution in [-0.2, 0) is 0 Å². The lowest BCUT2D eigenvalue weighted by Gasteiger charge is -2.33. The number of aromatic nitrogens is 2. The first-order chi connectivity index (χ1) is 9.33. The molecule has 4 rings (SSSR count). The fourth-order valence-electron chi connectivity index (χ4n) is 2.74. The molecule has 0 aromatic carbocycles. The predicted molar refractivity (Wildman–Crippen MR) is 80.3 cm³/mol. The number of hydrogen-bond donors (Lipinski definition) is 0. The Bertz CT molecular complexity index is 721. The molecule has 0 radical (unpaired) electrons. The number of rotatable bonds is 1. The van der Waals surface area contributed by atoms with Gasteiger partial charge in [0, 0.05) is 32.4 Å². The minimum absolute atomic E-state index is 1.06. The Morgan fingerprint density at radius 1 is 1.11 bits per heavy atom. The highest BCUT2D eigenvalue weighted by atomic mass is 32.1. The maximum Gasteiger partial charge on any atom is 0.154 e. The van der Waals surface area contributed by atoms with Crippen LogP contribution in [0.2, 0.25) is 0 Å². The summed E-state index contributed by atoms with van der Waals surface area (Å²) in [4.78, 5) is 10.8. The first-order valence-corrected chi connectivity index (χ1v) is 7.49. The van der Waals surface area contributed by atoms with Crippen LogP contribution in [0.3, 0.4) is 0 Å². The standard InChI is InChI=1S/C14H16N4S/c1-16-6-8-17(9-7-16)13-11-3-2-5-18(11)12-4-10-19-14(12)15-13/h2-5,10H,6-9H2,1H3. The molecule has 4 heterocycles. The van der Waals surface area contributed by atoms with Crippen LogP contribution < -0.4 is 4.90 Å². The monoisotopic (exact) mass is 272 g/mol. The number of thiophene rings is 1. The van der Waals surface area contributed by atoms with E-state index in [2.05, 4.69) is 51.0 Å². The Hall–Kier alpha value is -1.59. The van der Waals surface area contributed by atoms with Crippen molar-refractivity contribution in [1.82, 2.24) is 14.3 Å². The Morgan fingerprint density at radius 2 is 1.95 bits per heavy atom. The van der Waals surface area contributed by atoms with Crippen molar-refractivity contribution in [2.45, 2.75) is 0 Å². The van der Waals surface area contributed by atoms with Crippen LogP contribution in [0.4, 0.5) is 5.82 Å². The van der Waals surface area contributed by atoms with Crippen molar-refractivity contribution in [3.8, 4) is 0 Å². The third kappa shape index (κ3) is 1.73. The maximum absolute atomic E-state index is 4.89. The largest absolute Gasteiger partial charge is 0.352 e. The quantitative estimate of drug-likeness (QED) is 0.679. The fraction of sp³-hybridized carbons (Fsp3) is 0.357. The van der Waals surface area contributed by atoms with Crippen molar-refractivity contribution in [3.05, 3.63) is 29.8 Å². The van der Waals surface area contributed by atoms with Crippen LogP contribution in [0.1, 0.15) is 0 Å². The summed E-state index contributed by atoms with van der Waals surface area (Å²) < 4.78 is 2.26. The van der Waals surface area contributed by atoms with Crippen LogP contribution in [0, 0.1) is 0 Å². The van der Waals surface area contributed by atoms with Gasteiger partial charge in [-0.25, -0.2) is 4.98 Å². The highest BCUT2D eigenvalue weighted by Gasteiger charge is 2.19. The molecule has 0 unspecified atom stereocenters. The van der Waals surface area contributed by atoms with Gasteiger partial charge in [0.15, 0.2) is 5.82 Å². The molecule has 0 amide bonds. The summed E-state index contributed by atoms with van der Waals surface area (Å²) in [5.74, 6) is 1.13. The van der Waals surface area contributed by atoms with Crippen LogP contribution in [0.15, 0.2) is 29.8 Å². The van der Waals surface area contributed by atoms with Crippen molar-refractivity contribution in [2.75, 3.05) is 38.1 Å². The van der Waals surface area contributed by atoms with Crippen molar-refractivity contribution < 1.29 is 0 Å². The third-order valence-corrected chi connectivity index (χ3v) is 4.67. The number of nitrogens with zero attached hydrogens (tertiary/aromatic N) is 4. The molecular weight excluding hydrogens is 256 g/mol. The first-order valence-electron chi connectivity index (χ1n) is 6.61. The molecule has 0 saturated carbocycles. The van der Waals surface area contributed by atoms with E-state index in [-0.39, 0.29) is 0 Å². The summed E-state index contributed by atoms with van der Waals surface area (Å²) in [5.41, 5.74) is 2.43. The summed E-state index contributed by atoms with van der Waals surface area (Å²) in [6.45, 7) is 4.33. The van der Waals surface area contributed by atoms with Gasteiger partial charge in [-0.3, -0.25) is 0 Å². The smallest absolute Gasteiger partial charge is 0.154 e. The number of fused-ring (bicyclic) bond motifs is 3. The number of likely N-dealkylation sites (N-methyl/N-ethyl adjacent to an activating group) is 1. The number of hydrogen-bond acceptors (Lipinski definition) is 4. The zero-order valence-electron chi connectivity index (χ0n) is 10.9. The average Bonchev–Trinajstić information content (AvgIpc) is 3.06. The van der Waals surface area contributed by atoms with E-state index < -0.39 is 0 Å². The molecule has 3 aromatic heterocycles. The van der Waals surface area contributed by atoms with Gasteiger partial charge < -0.3 is 14.2 Å². The van der Waals surface area contributed by atoms with E-state index in [9.17, 15) is 0 Å². The fourth-order valence-corrected chi connectivity index (χ4v) is 3.49. The van der Waals surface area contributed by atoms with E-state index in [4.69, 9.17) is 4.98 Å². The first kappa shape index (κ1) is 11.3. The molecule has 0 aliphatic carbocycles. The third-order valence-electron chi connectivity index (χ3n) is 3.87. The molecule has 0 N–H and O–H groups in total. The summed E-state index contributed by atoms with van der Waals surface area (Å²) in [6, 6.07) is 6.42. The van der Waals surface area contributed by atoms with Gasteiger partial charge in [0.05, 0.1) is 11.0 Å². The molecule has 98 valence electrons. The van der Waals surface area contributed by atoms with Crippen molar-refractivity contribution in [3.63, 3.8) is 0 Å². The predicted octanol–water partition coefficient (Wildman–Crippen LogP) is 2.30. The van der Waals surface area contributed by atoms with Gasteiger partial charge in [0.25, 0.3) is 0 Å². The van der Waals surface area contributed by atoms with E-state index in [0.717, 1.165) is 36.8 Å². The van der Waals surface area contributed by atoms with Crippen LogP contribution in [0.25, 0.3) is 15.9 Å². The van der Waals surface area contributed by atoms with Gasteiger partial charge >= 0.3 is 0 Å². The highest BCUT2D eigenvalue weighted by Crippen LogP contribution is 2.28. The minimum atomic E-state index is 1.06. The van der Waals surface area contributed by atoms with Gasteiger partial charge in [-0.1, -0.05) is 0 Å². The lowest BCUT2D eigenvalue weighted by Crippen LogP contribution is -2.45. The number of piperazine rings is 1. The van der Waals surface area contributed by atoms with E-state index in [1.54, 1.807) is 11.3 Å². The molecule has 5 heteroatoms. The zero-order chi connectivity index (χ0) is 12.8. The van der Waals surface area contributed by atoms with Crippen LogP contribution in [0.5, 0.6) is 0 Å². The van der Waals surface area contributed by atoms with Gasteiger partial charge in [-0.15, -0.1) is 11.3 Å². The van der Waals surface area contributed by atoms with Gasteiger partial charge in [-0.05, 0) is 30.6 Å². The summed E-state index contributed by atoms with van der Waals surface area (Å²) in [6.07, 6.45) is 2.13. The Labute approximate surface area is 115 Å². The van der Waals surface area contributed by atoms with Crippen molar-refractivity contribution >= 4 is 33.0 Å². The molecule has 0 atom stereocenters. The SMILES string of the molecule is CN1CCN(c2nc3sccc3n3cccc23)CC1. The van der Waals surface area contributed by atoms with E-state index in [1.165, 1.54) is 11.0 Å². The lowest BCUT2D eigenvalue weighted by molar-refractivity contribution is 0.312. The normalized spacial score (nSPS) is 17.6. The molecule has 1 saturated heterocycles. The van der Waals surface area contributed by atoms with E-state index in [0.29, 0.717) is 0 Å². The molecule has 3 aromatic rings. The molecule has 19 heavy (non-hydrogen) atoms. The van der Waals surface area contributed by atoms with Crippen molar-refractivity contribution in [1.29, 1.82) is 0 Å². The second kappa shape index (κ2) is 4.21. The van der Waals surface area contributed by atoms with E-state index in [1.807, 2.05) is 0 Å². The zero-order valence-corrected chi connectivity index (χ0v) is 11.7. The minimum Gasteiger partial charge on any atom is -0.352 e. The van der Waals surface area contributed by atoms with Gasteiger partial charge in [-0.2, -0.15) is 0 Å². The summed E-state index contributed by atoms with van der Waals surface area (Å²) in [7, 11) is 2.18. The maximum atomic E-state index is 4.89. The molecular formula is C14H16N4S. The Morgan fingerprint density at radius 3 is 2.79 bits per heavy atom. The molecule has 1 fully saturated rings. The summed E-state index contributed by atoms with van der Waals surface area (Å²) in [5, 5.41) is 2.12. The summed E-state index contributed by atoms with van der Waals surface area (Å²) >= 11 is 1.72. The number of anilines is 1. The molecule has 1 aliphatic heterocycles.